The number of nitro benzene ring substituents is 1. The van der Waals surface area contributed by atoms with Gasteiger partial charge in [-0.1, -0.05) is 17.7 Å². The molecule has 30 heavy (non-hydrogen) atoms. The summed E-state index contributed by atoms with van der Waals surface area (Å²) < 4.78 is 24.4. The fraction of sp³-hybridized carbons (Fsp3) is 0.333. The summed E-state index contributed by atoms with van der Waals surface area (Å²) in [6, 6.07) is 13.6. The van der Waals surface area contributed by atoms with Crippen LogP contribution in [0.2, 0.25) is 0 Å². The zero-order valence-corrected chi connectivity index (χ0v) is 18.5. The maximum absolute atomic E-state index is 13.4. The highest BCUT2D eigenvalue weighted by Gasteiger charge is 2.30. The van der Waals surface area contributed by atoms with Crippen molar-refractivity contribution in [1.82, 2.24) is 0 Å². The molecule has 0 fully saturated rings. The Balaban J connectivity index is 2.33. The average Bonchev–Trinajstić information content (AvgIpc) is 2.70. The molecule has 2 aromatic carbocycles. The Morgan fingerprint density at radius 2 is 1.60 bits per heavy atom. The molecule has 0 radical (unpaired) electrons. The van der Waals surface area contributed by atoms with E-state index in [1.807, 2.05) is 38.1 Å². The first-order valence-corrected chi connectivity index (χ1v) is 11.3. The van der Waals surface area contributed by atoms with Gasteiger partial charge >= 0.3 is 7.60 Å². The van der Waals surface area contributed by atoms with Gasteiger partial charge in [-0.3, -0.25) is 14.7 Å². The normalized spacial score (nSPS) is 13.0. The number of benzene rings is 2. The fourth-order valence-electron chi connectivity index (χ4n) is 2.72. The largest absolute Gasteiger partial charge is 0.379 e. The standard InChI is InChI=1S/C21H28N3O5P/c1-5-28-30(27,29-6-2)21(23-19-11-13-20(14-12-19)24(25)26)15-17(4)22-18-9-7-16(3)8-10-18/h7-15,17,22-23H,5-6H2,1-4H3/b21-15+. The second-order valence-electron chi connectivity index (χ2n) is 6.61. The number of nitrogens with one attached hydrogen (secondary N) is 2. The molecule has 0 saturated heterocycles. The zero-order valence-electron chi connectivity index (χ0n) is 17.6. The number of hydrogen-bond acceptors (Lipinski definition) is 7. The summed E-state index contributed by atoms with van der Waals surface area (Å²) >= 11 is 0. The minimum Gasteiger partial charge on any atom is -0.379 e. The monoisotopic (exact) mass is 433 g/mol. The predicted octanol–water partition coefficient (Wildman–Crippen LogP) is 5.92. The lowest BCUT2D eigenvalue weighted by Gasteiger charge is -2.23. The van der Waals surface area contributed by atoms with Crippen molar-refractivity contribution in [2.45, 2.75) is 33.7 Å². The third-order valence-corrected chi connectivity index (χ3v) is 6.14. The van der Waals surface area contributed by atoms with Gasteiger partial charge in [-0.15, -0.1) is 0 Å². The zero-order chi connectivity index (χ0) is 22.1. The Hall–Kier alpha value is -2.67. The van der Waals surface area contributed by atoms with Gasteiger partial charge in [0.1, 0.15) is 5.44 Å². The van der Waals surface area contributed by atoms with E-state index in [2.05, 4.69) is 10.6 Å². The lowest BCUT2D eigenvalue weighted by Crippen LogP contribution is -2.16. The van der Waals surface area contributed by atoms with Gasteiger partial charge in [0.2, 0.25) is 0 Å². The van der Waals surface area contributed by atoms with Gasteiger partial charge < -0.3 is 19.7 Å². The summed E-state index contributed by atoms with van der Waals surface area (Å²) in [5, 5.41) is 17.3. The van der Waals surface area contributed by atoms with E-state index in [9.17, 15) is 14.7 Å². The first-order chi connectivity index (χ1) is 14.3. The molecule has 1 unspecified atom stereocenters. The topological polar surface area (TPSA) is 103 Å². The molecule has 8 nitrogen and oxygen atoms in total. The molecule has 0 aliphatic carbocycles. The molecule has 0 heterocycles. The van der Waals surface area contributed by atoms with Crippen molar-refractivity contribution in [3.63, 3.8) is 0 Å². The van der Waals surface area contributed by atoms with Crippen LogP contribution in [-0.2, 0) is 13.6 Å². The molecule has 2 rings (SSSR count). The molecule has 162 valence electrons. The number of nitro groups is 1. The van der Waals surface area contributed by atoms with Crippen LogP contribution in [0.1, 0.15) is 26.3 Å². The maximum atomic E-state index is 13.4. The van der Waals surface area contributed by atoms with E-state index in [-0.39, 0.29) is 30.4 Å². The summed E-state index contributed by atoms with van der Waals surface area (Å²) in [5.41, 5.74) is 2.85. The van der Waals surface area contributed by atoms with E-state index in [4.69, 9.17) is 9.05 Å². The van der Waals surface area contributed by atoms with Crippen LogP contribution in [0.5, 0.6) is 0 Å². The van der Waals surface area contributed by atoms with E-state index < -0.39 is 12.5 Å². The molecule has 0 aliphatic rings. The van der Waals surface area contributed by atoms with Gasteiger partial charge in [-0.05, 0) is 58.0 Å². The molecule has 1 atom stereocenters. The second kappa shape index (κ2) is 10.9. The Morgan fingerprint density at radius 1 is 1.07 bits per heavy atom. The molecule has 9 heteroatoms. The minimum atomic E-state index is -3.62. The van der Waals surface area contributed by atoms with Crippen molar-refractivity contribution >= 4 is 24.7 Å². The summed E-state index contributed by atoms with van der Waals surface area (Å²) in [6.45, 7) is 7.82. The smallest absolute Gasteiger partial charge is 0.377 e. The van der Waals surface area contributed by atoms with E-state index in [0.717, 1.165) is 11.3 Å². The van der Waals surface area contributed by atoms with Crippen LogP contribution in [0.3, 0.4) is 0 Å². The summed E-state index contributed by atoms with van der Waals surface area (Å²) in [4.78, 5) is 10.4. The predicted molar refractivity (Wildman–Crippen MR) is 120 cm³/mol. The van der Waals surface area contributed by atoms with Crippen molar-refractivity contribution in [3.05, 3.63) is 75.7 Å². The molecule has 2 aromatic rings. The number of non-ortho nitro benzene ring substituents is 1. The van der Waals surface area contributed by atoms with Crippen LogP contribution < -0.4 is 10.6 Å². The van der Waals surface area contributed by atoms with Crippen LogP contribution in [0, 0.1) is 17.0 Å². The second-order valence-corrected chi connectivity index (χ2v) is 8.61. The van der Waals surface area contributed by atoms with E-state index >= 15 is 0 Å². The van der Waals surface area contributed by atoms with Crippen molar-refractivity contribution < 1.29 is 18.5 Å². The highest BCUT2D eigenvalue weighted by Crippen LogP contribution is 2.56. The molecule has 0 bridgehead atoms. The Kier molecular flexibility index (Phi) is 8.59. The fourth-order valence-corrected chi connectivity index (χ4v) is 4.43. The SMILES string of the molecule is CCOP(=O)(OCC)/C(=C/C(C)Nc1ccc(C)cc1)Nc1ccc([N+](=O)[O-])cc1. The Bertz CT molecular complexity index is 903. The number of anilines is 2. The van der Waals surface area contributed by atoms with Gasteiger partial charge in [0.25, 0.3) is 5.69 Å². The quantitative estimate of drug-likeness (QED) is 0.257. The van der Waals surface area contributed by atoms with Crippen LogP contribution in [0.25, 0.3) is 0 Å². The van der Waals surface area contributed by atoms with Gasteiger partial charge in [0, 0.05) is 29.5 Å². The summed E-state index contributed by atoms with van der Waals surface area (Å²) in [5.74, 6) is 0. The Morgan fingerprint density at radius 3 is 2.10 bits per heavy atom. The van der Waals surface area contributed by atoms with E-state index in [1.54, 1.807) is 32.1 Å². The highest BCUT2D eigenvalue weighted by molar-refractivity contribution is 7.58. The molecule has 0 spiro atoms. The van der Waals surface area contributed by atoms with E-state index in [1.165, 1.54) is 12.1 Å². The molecule has 2 N–H and O–H groups in total. The summed E-state index contributed by atoms with van der Waals surface area (Å²) in [6.07, 6.45) is 1.74. The lowest BCUT2D eigenvalue weighted by molar-refractivity contribution is -0.384. The Labute approximate surface area is 177 Å². The number of hydrogen-bond donors (Lipinski definition) is 2. The minimum absolute atomic E-state index is 0.0294. The average molecular weight is 433 g/mol. The third kappa shape index (κ3) is 6.69. The molecule has 0 aromatic heterocycles. The first kappa shape index (κ1) is 23.6. The number of rotatable bonds is 11. The van der Waals surface area contributed by atoms with Crippen LogP contribution >= 0.6 is 7.60 Å². The van der Waals surface area contributed by atoms with Crippen molar-refractivity contribution in [2.24, 2.45) is 0 Å². The maximum Gasteiger partial charge on any atom is 0.377 e. The number of aryl methyl sites for hydroxylation is 1. The van der Waals surface area contributed by atoms with Crippen LogP contribution in [-0.4, -0.2) is 24.2 Å². The number of nitrogens with zero attached hydrogens (tertiary/aromatic N) is 1. The van der Waals surface area contributed by atoms with Crippen molar-refractivity contribution in [2.75, 3.05) is 23.8 Å². The first-order valence-electron chi connectivity index (χ1n) is 9.73. The molecular weight excluding hydrogens is 405 g/mol. The van der Waals surface area contributed by atoms with Crippen molar-refractivity contribution in [1.29, 1.82) is 0 Å². The van der Waals surface area contributed by atoms with Gasteiger partial charge in [0.05, 0.1) is 18.1 Å². The molecule has 0 saturated carbocycles. The third-order valence-electron chi connectivity index (χ3n) is 4.10. The van der Waals surface area contributed by atoms with Gasteiger partial charge in [-0.2, -0.15) is 0 Å². The van der Waals surface area contributed by atoms with E-state index in [0.29, 0.717) is 5.69 Å². The molecule has 0 aliphatic heterocycles. The van der Waals surface area contributed by atoms with Crippen LogP contribution in [0.4, 0.5) is 17.1 Å². The van der Waals surface area contributed by atoms with Gasteiger partial charge in [-0.25, -0.2) is 0 Å². The molecule has 0 amide bonds. The lowest BCUT2D eigenvalue weighted by atomic mass is 10.2. The van der Waals surface area contributed by atoms with Crippen molar-refractivity contribution in [3.8, 4) is 0 Å². The highest BCUT2D eigenvalue weighted by atomic mass is 31.2. The van der Waals surface area contributed by atoms with Gasteiger partial charge in [0.15, 0.2) is 0 Å². The van der Waals surface area contributed by atoms with Crippen LogP contribution in [0.15, 0.2) is 60.0 Å². The molecular formula is C21H28N3O5P. The summed E-state index contributed by atoms with van der Waals surface area (Å²) in [7, 11) is -3.62.